The molecule has 2 heterocycles. The van der Waals surface area contributed by atoms with Gasteiger partial charge >= 0.3 is 0 Å². The number of nitrogens with one attached hydrogen (secondary N) is 2. The van der Waals surface area contributed by atoms with Crippen LogP contribution in [0.4, 0.5) is 10.8 Å². The van der Waals surface area contributed by atoms with Crippen LogP contribution >= 0.6 is 11.3 Å². The molecule has 1 unspecified atom stereocenters. The van der Waals surface area contributed by atoms with Gasteiger partial charge in [-0.2, -0.15) is 0 Å². The van der Waals surface area contributed by atoms with Crippen LogP contribution in [0.5, 0.6) is 0 Å². The second-order valence-corrected chi connectivity index (χ2v) is 7.69. The largest absolute Gasteiger partial charge is 0.368 e. The van der Waals surface area contributed by atoms with Crippen LogP contribution in [0.1, 0.15) is 42.1 Å². The molecule has 2 N–H and O–H groups in total. The van der Waals surface area contributed by atoms with Crippen LogP contribution < -0.4 is 10.6 Å². The second-order valence-electron chi connectivity index (χ2n) is 6.62. The number of benzene rings is 1. The second kappa shape index (κ2) is 8.37. The van der Waals surface area contributed by atoms with Gasteiger partial charge in [0.2, 0.25) is 5.13 Å². The van der Waals surface area contributed by atoms with Crippen LogP contribution in [0, 0.1) is 5.92 Å². The highest BCUT2D eigenvalue weighted by Gasteiger charge is 2.23. The molecule has 8 heteroatoms. The van der Waals surface area contributed by atoms with Crippen LogP contribution in [0.3, 0.4) is 0 Å². The molecule has 0 saturated carbocycles. The van der Waals surface area contributed by atoms with Crippen molar-refractivity contribution in [2.24, 2.45) is 5.92 Å². The predicted octanol–water partition coefficient (Wildman–Crippen LogP) is 3.11. The Kier molecular flexibility index (Phi) is 5.95. The van der Waals surface area contributed by atoms with Crippen molar-refractivity contribution in [2.45, 2.75) is 39.2 Å². The summed E-state index contributed by atoms with van der Waals surface area (Å²) in [5.74, 6) is 0.0172. The average molecular weight is 374 g/mol. The highest BCUT2D eigenvalue weighted by molar-refractivity contribution is 7.15. The van der Waals surface area contributed by atoms with E-state index in [1.165, 1.54) is 11.3 Å². The number of ether oxygens (including phenoxy) is 1. The molecular formula is C18H22N4O3S. The zero-order valence-corrected chi connectivity index (χ0v) is 15.6. The fourth-order valence-corrected chi connectivity index (χ4v) is 3.60. The number of amides is 2. The fourth-order valence-electron chi connectivity index (χ4n) is 2.65. The fraction of sp³-hybridized carbons (Fsp3) is 0.444. The number of nitrogens with zero attached hydrogens (tertiary/aromatic N) is 2. The molecule has 2 aromatic rings. The van der Waals surface area contributed by atoms with Gasteiger partial charge in [-0.05, 0) is 37.0 Å². The number of hydrogen-bond acceptors (Lipinski definition) is 6. The molecule has 1 atom stereocenters. The summed E-state index contributed by atoms with van der Waals surface area (Å²) in [4.78, 5) is 24.6. The van der Waals surface area contributed by atoms with E-state index in [9.17, 15) is 9.59 Å². The number of aromatic nitrogens is 2. The third-order valence-corrected chi connectivity index (χ3v) is 4.75. The molecule has 0 radical (unpaired) electrons. The molecular weight excluding hydrogens is 352 g/mol. The maximum absolute atomic E-state index is 12.4. The molecule has 3 rings (SSSR count). The minimum absolute atomic E-state index is 0.178. The van der Waals surface area contributed by atoms with Crippen LogP contribution in [0.15, 0.2) is 24.3 Å². The lowest BCUT2D eigenvalue weighted by Crippen LogP contribution is -2.27. The summed E-state index contributed by atoms with van der Waals surface area (Å²) in [6.07, 6.45) is 2.04. The minimum atomic E-state index is -0.409. The monoisotopic (exact) mass is 374 g/mol. The Hall–Kier alpha value is -2.32. The van der Waals surface area contributed by atoms with Crippen LogP contribution in [-0.2, 0) is 16.0 Å². The molecule has 1 saturated heterocycles. The Balaban J connectivity index is 1.62. The van der Waals surface area contributed by atoms with E-state index in [4.69, 9.17) is 4.74 Å². The van der Waals surface area contributed by atoms with Crippen LogP contribution in [0.25, 0.3) is 0 Å². The summed E-state index contributed by atoms with van der Waals surface area (Å²) in [6.45, 7) is 4.83. The number of hydrogen-bond donors (Lipinski definition) is 2. The third-order valence-electron chi connectivity index (χ3n) is 3.88. The zero-order valence-electron chi connectivity index (χ0n) is 14.8. The quantitative estimate of drug-likeness (QED) is 0.810. The first-order valence-corrected chi connectivity index (χ1v) is 9.49. The van der Waals surface area contributed by atoms with E-state index < -0.39 is 6.10 Å². The molecule has 1 aromatic carbocycles. The molecule has 0 spiro atoms. The van der Waals surface area contributed by atoms with Crippen LogP contribution in [-0.4, -0.2) is 34.7 Å². The van der Waals surface area contributed by atoms with Crippen molar-refractivity contribution in [3.8, 4) is 0 Å². The first-order chi connectivity index (χ1) is 12.5. The SMILES string of the molecule is CC(C)Cc1nnc(NC(=O)c2cccc(NC(=O)C3CCCO3)c2)s1. The van der Waals surface area contributed by atoms with Crippen molar-refractivity contribution < 1.29 is 14.3 Å². The summed E-state index contributed by atoms with van der Waals surface area (Å²) >= 11 is 1.38. The van der Waals surface area contributed by atoms with E-state index in [0.717, 1.165) is 24.3 Å². The third kappa shape index (κ3) is 4.86. The van der Waals surface area contributed by atoms with E-state index in [-0.39, 0.29) is 11.8 Å². The molecule has 26 heavy (non-hydrogen) atoms. The van der Waals surface area contributed by atoms with Crippen molar-refractivity contribution in [3.05, 3.63) is 34.8 Å². The van der Waals surface area contributed by atoms with Gasteiger partial charge in [-0.1, -0.05) is 31.3 Å². The lowest BCUT2D eigenvalue weighted by atomic mass is 10.1. The standard InChI is InChI=1S/C18H22N4O3S/c1-11(2)9-15-21-22-18(26-15)20-16(23)12-5-3-6-13(10-12)19-17(24)14-7-4-8-25-14/h3,5-6,10-11,14H,4,7-9H2,1-2H3,(H,19,24)(H,20,22,23). The number of rotatable bonds is 6. The van der Waals surface area contributed by atoms with E-state index in [2.05, 4.69) is 34.7 Å². The predicted molar refractivity (Wildman–Crippen MR) is 100 cm³/mol. The van der Waals surface area contributed by atoms with Crippen molar-refractivity contribution in [1.29, 1.82) is 0 Å². The normalized spacial score (nSPS) is 16.7. The lowest BCUT2D eigenvalue weighted by Gasteiger charge is -2.11. The Morgan fingerprint density at radius 1 is 1.31 bits per heavy atom. The summed E-state index contributed by atoms with van der Waals surface area (Å²) in [5, 5.41) is 15.0. The summed E-state index contributed by atoms with van der Waals surface area (Å²) in [7, 11) is 0. The van der Waals surface area contributed by atoms with Gasteiger partial charge in [0, 0.05) is 24.3 Å². The van der Waals surface area contributed by atoms with Crippen molar-refractivity contribution in [2.75, 3.05) is 17.2 Å². The van der Waals surface area contributed by atoms with Crippen molar-refractivity contribution >= 4 is 34.0 Å². The molecule has 0 bridgehead atoms. The topological polar surface area (TPSA) is 93.2 Å². The van der Waals surface area contributed by atoms with Gasteiger partial charge in [0.1, 0.15) is 11.1 Å². The smallest absolute Gasteiger partial charge is 0.257 e. The van der Waals surface area contributed by atoms with E-state index >= 15 is 0 Å². The summed E-state index contributed by atoms with van der Waals surface area (Å²) in [6, 6.07) is 6.80. The van der Waals surface area contributed by atoms with Gasteiger partial charge in [-0.15, -0.1) is 10.2 Å². The highest BCUT2D eigenvalue weighted by Crippen LogP contribution is 2.20. The lowest BCUT2D eigenvalue weighted by molar-refractivity contribution is -0.124. The van der Waals surface area contributed by atoms with Gasteiger partial charge < -0.3 is 10.1 Å². The number of carbonyl (C=O) groups is 2. The van der Waals surface area contributed by atoms with Gasteiger partial charge in [-0.3, -0.25) is 14.9 Å². The molecule has 1 fully saturated rings. The highest BCUT2D eigenvalue weighted by atomic mass is 32.1. The average Bonchev–Trinajstić information content (AvgIpc) is 3.26. The van der Waals surface area contributed by atoms with E-state index in [1.807, 2.05) is 0 Å². The minimum Gasteiger partial charge on any atom is -0.368 e. The summed E-state index contributed by atoms with van der Waals surface area (Å²) in [5.41, 5.74) is 1.01. The Morgan fingerprint density at radius 2 is 2.15 bits per heavy atom. The van der Waals surface area contributed by atoms with Gasteiger partial charge in [0.25, 0.3) is 11.8 Å². The maximum atomic E-state index is 12.4. The number of anilines is 2. The number of carbonyl (C=O) groups excluding carboxylic acids is 2. The molecule has 7 nitrogen and oxygen atoms in total. The molecule has 1 aliphatic rings. The van der Waals surface area contributed by atoms with Crippen molar-refractivity contribution in [3.63, 3.8) is 0 Å². The molecule has 0 aliphatic carbocycles. The van der Waals surface area contributed by atoms with E-state index in [0.29, 0.717) is 28.9 Å². The van der Waals surface area contributed by atoms with Gasteiger partial charge in [0.15, 0.2) is 0 Å². The van der Waals surface area contributed by atoms with Gasteiger partial charge in [0.05, 0.1) is 0 Å². The Morgan fingerprint density at radius 3 is 2.88 bits per heavy atom. The molecule has 1 aromatic heterocycles. The van der Waals surface area contributed by atoms with Gasteiger partial charge in [-0.25, -0.2) is 0 Å². The zero-order chi connectivity index (χ0) is 18.5. The molecule has 138 valence electrons. The Bertz CT molecular complexity index is 784. The first-order valence-electron chi connectivity index (χ1n) is 8.67. The summed E-state index contributed by atoms with van der Waals surface area (Å²) < 4.78 is 5.37. The van der Waals surface area contributed by atoms with Crippen LogP contribution in [0.2, 0.25) is 0 Å². The molecule has 2 amide bonds. The first kappa shape index (κ1) is 18.5. The van der Waals surface area contributed by atoms with E-state index in [1.54, 1.807) is 24.3 Å². The Labute approximate surface area is 156 Å². The molecule has 1 aliphatic heterocycles. The maximum Gasteiger partial charge on any atom is 0.257 e. The van der Waals surface area contributed by atoms with Crippen molar-refractivity contribution in [1.82, 2.24) is 10.2 Å².